The summed E-state index contributed by atoms with van der Waals surface area (Å²) in [6.45, 7) is 4.27. The van der Waals surface area contributed by atoms with Gasteiger partial charge in [-0.15, -0.1) is 12.4 Å². The van der Waals surface area contributed by atoms with Gasteiger partial charge in [-0.2, -0.15) is 0 Å². The molecule has 0 spiro atoms. The molecule has 2 heterocycles. The minimum Gasteiger partial charge on any atom is -0.451 e. The van der Waals surface area contributed by atoms with Crippen LogP contribution in [-0.4, -0.2) is 25.5 Å². The first-order valence-electron chi connectivity index (χ1n) is 7.00. The van der Waals surface area contributed by atoms with Crippen LogP contribution >= 0.6 is 24.0 Å². The van der Waals surface area contributed by atoms with Crippen molar-refractivity contribution in [1.82, 2.24) is 10.6 Å². The monoisotopic (exact) mass is 340 g/mol. The topological polar surface area (TPSA) is 54.3 Å². The quantitative estimate of drug-likeness (QED) is 0.841. The van der Waals surface area contributed by atoms with Gasteiger partial charge in [0.25, 0.3) is 5.91 Å². The first-order valence-corrected chi connectivity index (χ1v) is 7.38. The van der Waals surface area contributed by atoms with E-state index in [1.54, 1.807) is 12.1 Å². The molecule has 1 amide bonds. The fraction of sp³-hybridized carbons (Fsp3) is 0.312. The summed E-state index contributed by atoms with van der Waals surface area (Å²) in [6.07, 6.45) is 3.09. The molecule has 1 aliphatic rings. The summed E-state index contributed by atoms with van der Waals surface area (Å²) in [5.41, 5.74) is 2.76. The molecule has 1 aromatic heterocycles. The number of benzene rings is 1. The molecular formula is C16H18Cl2N2O2. The molecule has 4 nitrogen and oxygen atoms in total. The molecule has 2 aromatic rings. The van der Waals surface area contributed by atoms with E-state index in [1.807, 2.05) is 13.0 Å². The molecule has 0 unspecified atom stereocenters. The Hall–Kier alpha value is -1.49. The molecule has 0 saturated carbocycles. The van der Waals surface area contributed by atoms with Crippen LogP contribution in [0, 0.1) is 6.92 Å². The Bertz CT molecular complexity index is 722. The lowest BCUT2D eigenvalue weighted by Gasteiger charge is -2.14. The number of amides is 1. The third kappa shape index (κ3) is 3.46. The first-order chi connectivity index (χ1) is 10.1. The number of nitrogens with one attached hydrogen (secondary N) is 2. The molecule has 0 saturated heterocycles. The van der Waals surface area contributed by atoms with Crippen molar-refractivity contribution in [3.05, 3.63) is 46.2 Å². The summed E-state index contributed by atoms with van der Waals surface area (Å²) in [4.78, 5) is 12.3. The Labute approximate surface area is 140 Å². The second kappa shape index (κ2) is 7.18. The Morgan fingerprint density at radius 2 is 2.27 bits per heavy atom. The van der Waals surface area contributed by atoms with E-state index < -0.39 is 0 Å². The molecule has 3 rings (SSSR count). The number of carbonyl (C=O) groups is 1. The number of furan rings is 1. The normalized spacial score (nSPS) is 14.4. The highest BCUT2D eigenvalue weighted by Gasteiger charge is 2.18. The van der Waals surface area contributed by atoms with Crippen LogP contribution in [0.1, 0.15) is 22.5 Å². The van der Waals surface area contributed by atoms with Crippen LogP contribution in [0.15, 0.2) is 34.3 Å². The van der Waals surface area contributed by atoms with Gasteiger partial charge in [-0.25, -0.2) is 0 Å². The highest BCUT2D eigenvalue weighted by molar-refractivity contribution is 6.31. The average molecular weight is 341 g/mol. The van der Waals surface area contributed by atoms with Gasteiger partial charge in [0.1, 0.15) is 5.58 Å². The van der Waals surface area contributed by atoms with Crippen molar-refractivity contribution in [3.63, 3.8) is 0 Å². The van der Waals surface area contributed by atoms with Crippen molar-refractivity contribution in [2.24, 2.45) is 0 Å². The van der Waals surface area contributed by atoms with Crippen LogP contribution in [0.5, 0.6) is 0 Å². The molecule has 2 N–H and O–H groups in total. The maximum atomic E-state index is 12.3. The zero-order chi connectivity index (χ0) is 14.8. The smallest absolute Gasteiger partial charge is 0.287 e. The number of rotatable bonds is 3. The van der Waals surface area contributed by atoms with Crippen LogP contribution < -0.4 is 10.6 Å². The van der Waals surface area contributed by atoms with E-state index in [2.05, 4.69) is 16.7 Å². The minimum atomic E-state index is -0.181. The van der Waals surface area contributed by atoms with E-state index in [4.69, 9.17) is 16.0 Å². The molecule has 1 aromatic carbocycles. The Morgan fingerprint density at radius 1 is 1.45 bits per heavy atom. The van der Waals surface area contributed by atoms with Crippen LogP contribution in [0.2, 0.25) is 5.02 Å². The fourth-order valence-corrected chi connectivity index (χ4v) is 2.69. The van der Waals surface area contributed by atoms with Crippen molar-refractivity contribution >= 4 is 40.9 Å². The molecular weight excluding hydrogens is 323 g/mol. The van der Waals surface area contributed by atoms with Gasteiger partial charge < -0.3 is 15.1 Å². The molecule has 0 radical (unpaired) electrons. The largest absolute Gasteiger partial charge is 0.451 e. The van der Waals surface area contributed by atoms with Crippen LogP contribution in [0.4, 0.5) is 0 Å². The van der Waals surface area contributed by atoms with Crippen molar-refractivity contribution < 1.29 is 9.21 Å². The van der Waals surface area contributed by atoms with Crippen molar-refractivity contribution in [1.29, 1.82) is 0 Å². The minimum absolute atomic E-state index is 0. The molecule has 0 fully saturated rings. The van der Waals surface area contributed by atoms with Gasteiger partial charge in [-0.1, -0.05) is 23.3 Å². The SMILES string of the molecule is Cc1c(C(=O)NCC2=CCNCC2)oc2ccc(Cl)cc12.Cl. The standard InChI is InChI=1S/C16H17ClN2O2.ClH/c1-10-13-8-12(17)2-3-14(13)21-15(10)16(20)19-9-11-4-6-18-7-5-11;/h2-4,8,18H,5-7,9H2,1H3,(H,19,20);1H. The first kappa shape index (κ1) is 16.9. The van der Waals surface area contributed by atoms with E-state index in [9.17, 15) is 4.79 Å². The van der Waals surface area contributed by atoms with E-state index in [0.717, 1.165) is 30.5 Å². The van der Waals surface area contributed by atoms with Crippen molar-refractivity contribution in [3.8, 4) is 0 Å². The second-order valence-corrected chi connectivity index (χ2v) is 5.63. The zero-order valence-electron chi connectivity index (χ0n) is 12.2. The lowest BCUT2D eigenvalue weighted by Crippen LogP contribution is -2.29. The Kier molecular flexibility index (Phi) is 5.51. The summed E-state index contributed by atoms with van der Waals surface area (Å²) in [6, 6.07) is 5.37. The molecule has 22 heavy (non-hydrogen) atoms. The van der Waals surface area contributed by atoms with Gasteiger partial charge in [0.15, 0.2) is 5.76 Å². The number of halogens is 2. The maximum absolute atomic E-state index is 12.3. The van der Waals surface area contributed by atoms with Gasteiger partial charge >= 0.3 is 0 Å². The van der Waals surface area contributed by atoms with E-state index >= 15 is 0 Å². The van der Waals surface area contributed by atoms with E-state index in [0.29, 0.717) is 22.9 Å². The molecule has 0 bridgehead atoms. The summed E-state index contributed by atoms with van der Waals surface area (Å²) in [7, 11) is 0. The van der Waals surface area contributed by atoms with Crippen LogP contribution in [0.25, 0.3) is 11.0 Å². The van der Waals surface area contributed by atoms with Crippen LogP contribution in [0.3, 0.4) is 0 Å². The van der Waals surface area contributed by atoms with Gasteiger partial charge in [-0.3, -0.25) is 4.79 Å². The van der Waals surface area contributed by atoms with Gasteiger partial charge in [0, 0.05) is 29.1 Å². The molecule has 1 aliphatic heterocycles. The Balaban J connectivity index is 0.00000176. The van der Waals surface area contributed by atoms with Gasteiger partial charge in [-0.05, 0) is 38.1 Å². The fourth-order valence-electron chi connectivity index (χ4n) is 2.51. The van der Waals surface area contributed by atoms with Crippen molar-refractivity contribution in [2.75, 3.05) is 19.6 Å². The van der Waals surface area contributed by atoms with Crippen molar-refractivity contribution in [2.45, 2.75) is 13.3 Å². The van der Waals surface area contributed by atoms with Crippen LogP contribution in [-0.2, 0) is 0 Å². The highest BCUT2D eigenvalue weighted by Crippen LogP contribution is 2.27. The third-order valence-electron chi connectivity index (χ3n) is 3.74. The second-order valence-electron chi connectivity index (χ2n) is 5.20. The molecule has 0 aliphatic carbocycles. The molecule has 6 heteroatoms. The Morgan fingerprint density at radius 3 is 3.00 bits per heavy atom. The summed E-state index contributed by atoms with van der Waals surface area (Å²) in [5.74, 6) is 0.182. The van der Waals surface area contributed by atoms with E-state index in [1.165, 1.54) is 5.57 Å². The maximum Gasteiger partial charge on any atom is 0.287 e. The number of hydrogen-bond acceptors (Lipinski definition) is 3. The summed E-state index contributed by atoms with van der Waals surface area (Å²) < 4.78 is 5.65. The number of fused-ring (bicyclic) bond motifs is 1. The highest BCUT2D eigenvalue weighted by atomic mass is 35.5. The summed E-state index contributed by atoms with van der Waals surface area (Å²) in [5, 5.41) is 7.69. The van der Waals surface area contributed by atoms with Gasteiger partial charge in [0.05, 0.1) is 0 Å². The summed E-state index contributed by atoms with van der Waals surface area (Å²) >= 11 is 5.99. The third-order valence-corrected chi connectivity index (χ3v) is 3.97. The lowest BCUT2D eigenvalue weighted by molar-refractivity contribution is 0.0930. The molecule has 0 atom stereocenters. The molecule has 118 valence electrons. The zero-order valence-corrected chi connectivity index (χ0v) is 13.8. The van der Waals surface area contributed by atoms with E-state index in [-0.39, 0.29) is 18.3 Å². The number of carbonyl (C=O) groups excluding carboxylic acids is 1. The lowest BCUT2D eigenvalue weighted by atomic mass is 10.1. The average Bonchev–Trinajstić information content (AvgIpc) is 2.83. The van der Waals surface area contributed by atoms with Gasteiger partial charge in [0.2, 0.25) is 0 Å². The number of aryl methyl sites for hydroxylation is 1. The number of hydrogen-bond donors (Lipinski definition) is 2. The predicted molar refractivity (Wildman–Crippen MR) is 91.1 cm³/mol. The predicted octanol–water partition coefficient (Wildman–Crippen LogP) is 3.47.